The molecule has 0 radical (unpaired) electrons. The van der Waals surface area contributed by atoms with E-state index >= 15 is 0 Å². The summed E-state index contributed by atoms with van der Waals surface area (Å²) < 4.78 is 11.3. The van der Waals surface area contributed by atoms with Crippen molar-refractivity contribution in [3.8, 4) is 5.75 Å². The van der Waals surface area contributed by atoms with E-state index in [9.17, 15) is 0 Å². The maximum atomic E-state index is 5.99. The molecule has 2 rings (SSSR count). The van der Waals surface area contributed by atoms with Crippen LogP contribution in [0.25, 0.3) is 0 Å². The Morgan fingerprint density at radius 1 is 1.23 bits per heavy atom. The largest absolute Gasteiger partial charge is 0.489 e. The molecule has 2 aromatic rings. The second-order valence-corrected chi connectivity index (χ2v) is 6.09. The Kier molecular flexibility index (Phi) is 5.67. The highest BCUT2D eigenvalue weighted by Crippen LogP contribution is 2.27. The van der Waals surface area contributed by atoms with E-state index in [0.29, 0.717) is 34.1 Å². The second-order valence-electron chi connectivity index (χ2n) is 5.28. The van der Waals surface area contributed by atoms with Gasteiger partial charge in [0, 0.05) is 19.5 Å². The van der Waals surface area contributed by atoms with E-state index in [1.807, 2.05) is 20.9 Å². The maximum absolute atomic E-state index is 5.99. The minimum Gasteiger partial charge on any atom is -0.489 e. The van der Waals surface area contributed by atoms with Crippen molar-refractivity contribution in [2.24, 2.45) is 0 Å². The Morgan fingerprint density at radius 3 is 2.55 bits per heavy atom. The molecule has 0 unspecified atom stereocenters. The Labute approximate surface area is 140 Å². The van der Waals surface area contributed by atoms with Crippen LogP contribution in [0.1, 0.15) is 31.7 Å². The topological polar surface area (TPSA) is 51.4 Å². The van der Waals surface area contributed by atoms with Crippen molar-refractivity contribution in [1.29, 1.82) is 0 Å². The van der Waals surface area contributed by atoms with Crippen LogP contribution < -0.4 is 4.74 Å². The molecule has 0 amide bonds. The first-order chi connectivity index (χ1) is 10.4. The SMILES string of the molecule is Cc1nnc([C@H](C)N(C)C[C@H](C)Oc2ccc(Cl)c(Cl)c2)o1. The van der Waals surface area contributed by atoms with Crippen molar-refractivity contribution >= 4 is 23.2 Å². The molecular formula is C15H19Cl2N3O2. The lowest BCUT2D eigenvalue weighted by Crippen LogP contribution is -2.33. The zero-order chi connectivity index (χ0) is 16.3. The monoisotopic (exact) mass is 343 g/mol. The number of rotatable bonds is 6. The highest BCUT2D eigenvalue weighted by molar-refractivity contribution is 6.42. The third kappa shape index (κ3) is 4.35. The summed E-state index contributed by atoms with van der Waals surface area (Å²) in [6, 6.07) is 5.25. The Hall–Kier alpha value is -1.30. The molecule has 0 aliphatic rings. The van der Waals surface area contributed by atoms with E-state index in [-0.39, 0.29) is 12.1 Å². The average Bonchev–Trinajstić information content (AvgIpc) is 2.88. The first kappa shape index (κ1) is 17.1. The summed E-state index contributed by atoms with van der Waals surface area (Å²) in [5.74, 6) is 1.86. The van der Waals surface area contributed by atoms with Crippen molar-refractivity contribution in [2.75, 3.05) is 13.6 Å². The van der Waals surface area contributed by atoms with Crippen LogP contribution in [0.2, 0.25) is 10.0 Å². The van der Waals surface area contributed by atoms with Gasteiger partial charge in [0.1, 0.15) is 11.9 Å². The zero-order valence-corrected chi connectivity index (χ0v) is 14.5. The predicted molar refractivity (Wildman–Crippen MR) is 86.6 cm³/mol. The van der Waals surface area contributed by atoms with E-state index in [0.717, 1.165) is 0 Å². The third-order valence-corrected chi connectivity index (χ3v) is 4.07. The van der Waals surface area contributed by atoms with Crippen LogP contribution in [0, 0.1) is 6.92 Å². The number of halogens is 2. The van der Waals surface area contributed by atoms with Crippen LogP contribution in [0.3, 0.4) is 0 Å². The first-order valence-corrected chi connectivity index (χ1v) is 7.74. The van der Waals surface area contributed by atoms with Gasteiger partial charge in [0.15, 0.2) is 0 Å². The van der Waals surface area contributed by atoms with Crippen LogP contribution >= 0.6 is 23.2 Å². The lowest BCUT2D eigenvalue weighted by Gasteiger charge is -2.25. The molecule has 1 aromatic heterocycles. The van der Waals surface area contributed by atoms with Gasteiger partial charge in [0.05, 0.1) is 16.1 Å². The smallest absolute Gasteiger partial charge is 0.233 e. The average molecular weight is 344 g/mol. The number of benzene rings is 1. The summed E-state index contributed by atoms with van der Waals surface area (Å²) in [6.45, 7) is 6.48. The normalized spacial score (nSPS) is 14.1. The number of aryl methyl sites for hydroxylation is 1. The standard InChI is InChI=1S/C15H19Cl2N3O2/c1-9(21-12-5-6-13(16)14(17)7-12)8-20(4)10(2)15-19-18-11(3)22-15/h5-7,9-10H,8H2,1-4H3/t9-,10-/m0/s1. The van der Waals surface area contributed by atoms with Crippen molar-refractivity contribution in [3.63, 3.8) is 0 Å². The quantitative estimate of drug-likeness (QED) is 0.788. The fraction of sp³-hybridized carbons (Fsp3) is 0.467. The van der Waals surface area contributed by atoms with Crippen LogP contribution in [0.4, 0.5) is 0 Å². The van der Waals surface area contributed by atoms with Gasteiger partial charge in [-0.05, 0) is 33.0 Å². The van der Waals surface area contributed by atoms with Crippen molar-refractivity contribution in [3.05, 3.63) is 40.0 Å². The van der Waals surface area contributed by atoms with Gasteiger partial charge in [-0.25, -0.2) is 0 Å². The zero-order valence-electron chi connectivity index (χ0n) is 13.0. The predicted octanol–water partition coefficient (Wildman–Crippen LogP) is 4.15. The van der Waals surface area contributed by atoms with Gasteiger partial charge < -0.3 is 9.15 Å². The van der Waals surface area contributed by atoms with E-state index in [2.05, 4.69) is 15.1 Å². The molecule has 1 heterocycles. The number of aromatic nitrogens is 2. The number of hydrogen-bond acceptors (Lipinski definition) is 5. The van der Waals surface area contributed by atoms with Crippen molar-refractivity contribution in [2.45, 2.75) is 32.9 Å². The van der Waals surface area contributed by atoms with Gasteiger partial charge in [-0.2, -0.15) is 0 Å². The molecule has 5 nitrogen and oxygen atoms in total. The molecular weight excluding hydrogens is 325 g/mol. The second kappa shape index (κ2) is 7.31. The summed E-state index contributed by atoms with van der Waals surface area (Å²) in [5, 5.41) is 8.90. The molecule has 0 aliphatic heterocycles. The lowest BCUT2D eigenvalue weighted by molar-refractivity contribution is 0.129. The van der Waals surface area contributed by atoms with Crippen molar-refractivity contribution < 1.29 is 9.15 Å². The highest BCUT2D eigenvalue weighted by Gasteiger charge is 2.20. The summed E-state index contributed by atoms with van der Waals surface area (Å²) in [4.78, 5) is 2.09. The molecule has 2 atom stereocenters. The van der Waals surface area contributed by atoms with Gasteiger partial charge in [-0.1, -0.05) is 23.2 Å². The summed E-state index contributed by atoms with van der Waals surface area (Å²) in [7, 11) is 1.99. The molecule has 0 N–H and O–H groups in total. The first-order valence-electron chi connectivity index (χ1n) is 6.98. The molecule has 0 fully saturated rings. The molecule has 0 bridgehead atoms. The fourth-order valence-electron chi connectivity index (χ4n) is 2.05. The maximum Gasteiger partial charge on any atom is 0.233 e. The minimum absolute atomic E-state index is 0.0149. The Bertz CT molecular complexity index is 633. The summed E-state index contributed by atoms with van der Waals surface area (Å²) in [6.07, 6.45) is -0.0336. The van der Waals surface area contributed by atoms with Gasteiger partial charge in [-0.15, -0.1) is 10.2 Å². The summed E-state index contributed by atoms with van der Waals surface area (Å²) >= 11 is 11.9. The lowest BCUT2D eigenvalue weighted by atomic mass is 10.2. The molecule has 120 valence electrons. The van der Waals surface area contributed by atoms with Crippen LogP contribution in [0.15, 0.2) is 22.6 Å². The number of nitrogens with zero attached hydrogens (tertiary/aromatic N) is 3. The minimum atomic E-state index is -0.0336. The molecule has 22 heavy (non-hydrogen) atoms. The number of likely N-dealkylation sites (N-methyl/N-ethyl adjacent to an activating group) is 1. The third-order valence-electron chi connectivity index (χ3n) is 3.33. The molecule has 0 saturated carbocycles. The molecule has 7 heteroatoms. The van der Waals surface area contributed by atoms with Gasteiger partial charge in [0.25, 0.3) is 0 Å². The van der Waals surface area contributed by atoms with E-state index in [1.165, 1.54) is 0 Å². The molecule has 0 spiro atoms. The Balaban J connectivity index is 1.93. The van der Waals surface area contributed by atoms with Crippen molar-refractivity contribution in [1.82, 2.24) is 15.1 Å². The number of hydrogen-bond donors (Lipinski definition) is 0. The van der Waals surface area contributed by atoms with E-state index < -0.39 is 0 Å². The fourth-order valence-corrected chi connectivity index (χ4v) is 2.34. The van der Waals surface area contributed by atoms with Crippen LogP contribution in [0.5, 0.6) is 5.75 Å². The van der Waals surface area contributed by atoms with Crippen LogP contribution in [-0.2, 0) is 0 Å². The Morgan fingerprint density at radius 2 is 1.95 bits per heavy atom. The summed E-state index contributed by atoms with van der Waals surface area (Å²) in [5.41, 5.74) is 0. The molecule has 0 saturated heterocycles. The van der Waals surface area contributed by atoms with E-state index in [1.54, 1.807) is 25.1 Å². The van der Waals surface area contributed by atoms with Gasteiger partial charge in [-0.3, -0.25) is 4.90 Å². The molecule has 1 aromatic carbocycles. The number of ether oxygens (including phenoxy) is 1. The highest BCUT2D eigenvalue weighted by atomic mass is 35.5. The van der Waals surface area contributed by atoms with Crippen LogP contribution in [-0.4, -0.2) is 34.8 Å². The molecule has 0 aliphatic carbocycles. The van der Waals surface area contributed by atoms with Gasteiger partial charge in [0.2, 0.25) is 11.8 Å². The van der Waals surface area contributed by atoms with Gasteiger partial charge >= 0.3 is 0 Å². The van der Waals surface area contributed by atoms with E-state index in [4.69, 9.17) is 32.4 Å².